The zero-order valence-corrected chi connectivity index (χ0v) is 11.0. The monoisotopic (exact) mass is 268 g/mol. The van der Waals surface area contributed by atoms with Gasteiger partial charge in [-0.2, -0.15) is 4.98 Å². The number of nitrogens with two attached hydrogens (primary N) is 1. The Kier molecular flexibility index (Phi) is 4.49. The van der Waals surface area contributed by atoms with E-state index < -0.39 is 6.10 Å². The molecule has 1 aromatic rings. The minimum Gasteiger partial charge on any atom is -0.391 e. The Balaban J connectivity index is 1.81. The lowest BCUT2D eigenvalue weighted by Gasteiger charge is -2.32. The first-order chi connectivity index (χ1) is 9.08. The molecule has 0 aliphatic heterocycles. The van der Waals surface area contributed by atoms with Gasteiger partial charge < -0.3 is 20.3 Å². The highest BCUT2D eigenvalue weighted by Gasteiger charge is 2.32. The van der Waals surface area contributed by atoms with Crippen LogP contribution in [-0.4, -0.2) is 51.8 Å². The topological polar surface area (TPSA) is 105 Å². The summed E-state index contributed by atoms with van der Waals surface area (Å²) in [4.78, 5) is 17.8. The van der Waals surface area contributed by atoms with E-state index in [9.17, 15) is 9.90 Å². The zero-order valence-electron chi connectivity index (χ0n) is 11.0. The first-order valence-corrected chi connectivity index (χ1v) is 6.51. The van der Waals surface area contributed by atoms with Crippen molar-refractivity contribution in [3.8, 4) is 0 Å². The van der Waals surface area contributed by atoms with Crippen LogP contribution >= 0.6 is 0 Å². The number of carbonyl (C=O) groups excluding carboxylic acids is 1. The molecule has 1 saturated carbocycles. The van der Waals surface area contributed by atoms with E-state index in [-0.39, 0.29) is 17.9 Å². The third-order valence-corrected chi connectivity index (χ3v) is 3.67. The fourth-order valence-electron chi connectivity index (χ4n) is 2.39. The number of nitrogens with zero attached hydrogens (tertiary/aromatic N) is 3. The molecule has 7 nitrogen and oxygen atoms in total. The average Bonchev–Trinajstić information content (AvgIpc) is 2.91. The van der Waals surface area contributed by atoms with Crippen LogP contribution in [0.1, 0.15) is 25.1 Å². The van der Waals surface area contributed by atoms with Crippen LogP contribution < -0.4 is 5.73 Å². The summed E-state index contributed by atoms with van der Waals surface area (Å²) in [7, 11) is 1.75. The molecule has 1 aliphatic rings. The van der Waals surface area contributed by atoms with Crippen molar-refractivity contribution in [2.24, 2.45) is 11.7 Å². The lowest BCUT2D eigenvalue weighted by Crippen LogP contribution is -2.45. The van der Waals surface area contributed by atoms with Crippen molar-refractivity contribution < 1.29 is 14.4 Å². The van der Waals surface area contributed by atoms with E-state index in [1.807, 2.05) is 0 Å². The molecule has 0 aromatic carbocycles. The molecule has 0 radical (unpaired) electrons. The molecule has 0 bridgehead atoms. The molecule has 3 N–H and O–H groups in total. The predicted molar refractivity (Wildman–Crippen MR) is 67.0 cm³/mol. The SMILES string of the molecule is CN(CCc1ncon1)C(=O)[C@H]1CC[C@@H](N)[C@H](O)C1. The minimum absolute atomic E-state index is 0.0504. The molecule has 19 heavy (non-hydrogen) atoms. The van der Waals surface area contributed by atoms with E-state index in [2.05, 4.69) is 14.7 Å². The van der Waals surface area contributed by atoms with Crippen molar-refractivity contribution in [2.75, 3.05) is 13.6 Å². The molecule has 1 aromatic heterocycles. The molecular formula is C12H20N4O3. The van der Waals surface area contributed by atoms with E-state index in [0.29, 0.717) is 31.6 Å². The molecule has 2 rings (SSSR count). The number of likely N-dealkylation sites (N-methyl/N-ethyl adjacent to an activating group) is 1. The number of hydrogen-bond donors (Lipinski definition) is 2. The molecule has 0 unspecified atom stereocenters. The van der Waals surface area contributed by atoms with Crippen LogP contribution in [0.15, 0.2) is 10.9 Å². The number of aromatic nitrogens is 2. The summed E-state index contributed by atoms with van der Waals surface area (Å²) >= 11 is 0. The highest BCUT2D eigenvalue weighted by molar-refractivity contribution is 5.78. The van der Waals surface area contributed by atoms with Gasteiger partial charge in [0.25, 0.3) is 0 Å². The van der Waals surface area contributed by atoms with E-state index in [1.165, 1.54) is 6.39 Å². The Morgan fingerprint density at radius 1 is 1.63 bits per heavy atom. The molecule has 1 fully saturated rings. The summed E-state index contributed by atoms with van der Waals surface area (Å²) in [6.07, 6.45) is 3.14. The van der Waals surface area contributed by atoms with Gasteiger partial charge in [-0.3, -0.25) is 4.79 Å². The average molecular weight is 268 g/mol. The lowest BCUT2D eigenvalue weighted by molar-refractivity contribution is -0.136. The summed E-state index contributed by atoms with van der Waals surface area (Å²) in [5, 5.41) is 13.4. The van der Waals surface area contributed by atoms with Crippen molar-refractivity contribution in [3.63, 3.8) is 0 Å². The molecule has 1 heterocycles. The summed E-state index contributed by atoms with van der Waals surface area (Å²) in [5.41, 5.74) is 5.74. The fraction of sp³-hybridized carbons (Fsp3) is 0.750. The number of aliphatic hydroxyl groups excluding tert-OH is 1. The van der Waals surface area contributed by atoms with Gasteiger partial charge >= 0.3 is 0 Å². The van der Waals surface area contributed by atoms with Gasteiger partial charge in [0, 0.05) is 32.0 Å². The molecule has 3 atom stereocenters. The smallest absolute Gasteiger partial charge is 0.225 e. The van der Waals surface area contributed by atoms with Crippen molar-refractivity contribution in [1.29, 1.82) is 0 Å². The van der Waals surface area contributed by atoms with Crippen LogP contribution in [0.3, 0.4) is 0 Å². The minimum atomic E-state index is -0.576. The van der Waals surface area contributed by atoms with Crippen molar-refractivity contribution in [1.82, 2.24) is 15.0 Å². The van der Waals surface area contributed by atoms with E-state index in [0.717, 1.165) is 6.42 Å². The van der Waals surface area contributed by atoms with Crippen LogP contribution in [-0.2, 0) is 11.2 Å². The predicted octanol–water partition coefficient (Wildman–Crippen LogP) is -0.441. The van der Waals surface area contributed by atoms with E-state index in [4.69, 9.17) is 5.73 Å². The first-order valence-electron chi connectivity index (χ1n) is 6.51. The van der Waals surface area contributed by atoms with Crippen molar-refractivity contribution in [3.05, 3.63) is 12.2 Å². The van der Waals surface area contributed by atoms with Gasteiger partial charge in [0.1, 0.15) is 0 Å². The number of hydrogen-bond acceptors (Lipinski definition) is 6. The Labute approximate surface area is 111 Å². The van der Waals surface area contributed by atoms with Gasteiger partial charge in [-0.1, -0.05) is 5.16 Å². The second-order valence-corrected chi connectivity index (χ2v) is 5.10. The number of carbonyl (C=O) groups is 1. The van der Waals surface area contributed by atoms with Crippen LogP contribution in [0.2, 0.25) is 0 Å². The van der Waals surface area contributed by atoms with Gasteiger partial charge in [-0.25, -0.2) is 0 Å². The second kappa shape index (κ2) is 6.12. The zero-order chi connectivity index (χ0) is 13.8. The maximum Gasteiger partial charge on any atom is 0.225 e. The number of aliphatic hydroxyl groups is 1. The highest BCUT2D eigenvalue weighted by Crippen LogP contribution is 2.25. The summed E-state index contributed by atoms with van der Waals surface area (Å²) in [6.45, 7) is 0.539. The molecular weight excluding hydrogens is 248 g/mol. The van der Waals surface area contributed by atoms with Gasteiger partial charge in [0.2, 0.25) is 12.3 Å². The highest BCUT2D eigenvalue weighted by atomic mass is 16.5. The van der Waals surface area contributed by atoms with Crippen molar-refractivity contribution >= 4 is 5.91 Å². The van der Waals surface area contributed by atoms with Gasteiger partial charge in [-0.05, 0) is 19.3 Å². The maximum absolute atomic E-state index is 12.2. The van der Waals surface area contributed by atoms with Crippen LogP contribution in [0.5, 0.6) is 0 Å². The number of amides is 1. The third-order valence-electron chi connectivity index (χ3n) is 3.67. The van der Waals surface area contributed by atoms with Crippen LogP contribution in [0, 0.1) is 5.92 Å². The van der Waals surface area contributed by atoms with Crippen LogP contribution in [0.25, 0.3) is 0 Å². The molecule has 1 amide bonds. The largest absolute Gasteiger partial charge is 0.391 e. The molecule has 0 spiro atoms. The first kappa shape index (κ1) is 14.0. The normalized spacial score (nSPS) is 27.2. The summed E-state index contributed by atoms with van der Waals surface area (Å²) in [5.74, 6) is 0.505. The quantitative estimate of drug-likeness (QED) is 0.767. The second-order valence-electron chi connectivity index (χ2n) is 5.10. The molecule has 106 valence electrons. The standard InChI is InChI=1S/C12H20N4O3/c1-16(5-4-11-14-7-19-15-11)12(18)8-2-3-9(13)10(17)6-8/h7-10,17H,2-6,13H2,1H3/t8-,9+,10+/m0/s1. The number of rotatable bonds is 4. The lowest BCUT2D eigenvalue weighted by atomic mass is 9.83. The van der Waals surface area contributed by atoms with Crippen LogP contribution in [0.4, 0.5) is 0 Å². The van der Waals surface area contributed by atoms with E-state index >= 15 is 0 Å². The Morgan fingerprint density at radius 3 is 3.05 bits per heavy atom. The Morgan fingerprint density at radius 2 is 2.42 bits per heavy atom. The molecule has 0 saturated heterocycles. The summed E-state index contributed by atoms with van der Waals surface area (Å²) < 4.78 is 4.64. The molecule has 1 aliphatic carbocycles. The van der Waals surface area contributed by atoms with Gasteiger partial charge in [0.05, 0.1) is 6.10 Å². The van der Waals surface area contributed by atoms with E-state index in [1.54, 1.807) is 11.9 Å². The maximum atomic E-state index is 12.2. The third kappa shape index (κ3) is 3.51. The Bertz CT molecular complexity index is 409. The summed E-state index contributed by atoms with van der Waals surface area (Å²) in [6, 6.07) is -0.200. The van der Waals surface area contributed by atoms with Crippen molar-refractivity contribution in [2.45, 2.75) is 37.8 Å². The van der Waals surface area contributed by atoms with Gasteiger partial charge in [-0.15, -0.1) is 0 Å². The molecule has 7 heteroatoms. The fourth-order valence-corrected chi connectivity index (χ4v) is 2.39. The Hall–Kier alpha value is -1.47. The van der Waals surface area contributed by atoms with Gasteiger partial charge in [0.15, 0.2) is 5.82 Å².